The fourth-order valence-electron chi connectivity index (χ4n) is 0.980. The summed E-state index contributed by atoms with van der Waals surface area (Å²) in [5.74, 6) is 0.341. The van der Waals surface area contributed by atoms with Gasteiger partial charge in [-0.3, -0.25) is 4.79 Å². The van der Waals surface area contributed by atoms with Crippen LogP contribution in [-0.2, 0) is 4.79 Å². The van der Waals surface area contributed by atoms with Crippen molar-refractivity contribution in [1.82, 2.24) is 4.90 Å². The lowest BCUT2D eigenvalue weighted by atomic mass is 9.88. The zero-order valence-electron chi connectivity index (χ0n) is 10.8. The average molecular weight is 199 g/mol. The van der Waals surface area contributed by atoms with E-state index in [1.54, 1.807) is 0 Å². The van der Waals surface area contributed by atoms with Crippen LogP contribution >= 0.6 is 0 Å². The van der Waals surface area contributed by atoms with Crippen LogP contribution in [0.5, 0.6) is 0 Å². The Balaban J connectivity index is 4.03. The molecule has 0 fully saturated rings. The van der Waals surface area contributed by atoms with Crippen LogP contribution in [0.3, 0.4) is 0 Å². The van der Waals surface area contributed by atoms with Gasteiger partial charge in [-0.1, -0.05) is 20.8 Å². The topological polar surface area (TPSA) is 20.3 Å². The largest absolute Gasteiger partial charge is 0.301 e. The van der Waals surface area contributed by atoms with Crippen LogP contribution in [0.25, 0.3) is 0 Å². The molecular weight excluding hydrogens is 174 g/mol. The first-order valence-electron chi connectivity index (χ1n) is 5.29. The Kier molecular flexibility index (Phi) is 4.32. The minimum absolute atomic E-state index is 0.151. The van der Waals surface area contributed by atoms with Gasteiger partial charge in [0, 0.05) is 23.9 Å². The molecule has 0 amide bonds. The van der Waals surface area contributed by atoms with E-state index in [2.05, 4.69) is 32.7 Å². The molecule has 0 aliphatic rings. The molecule has 0 N–H and O–H groups in total. The lowest BCUT2D eigenvalue weighted by molar-refractivity contribution is -0.126. The van der Waals surface area contributed by atoms with Gasteiger partial charge in [0.2, 0.25) is 0 Å². The molecule has 84 valence electrons. The number of hydrogen-bond donors (Lipinski definition) is 0. The summed E-state index contributed by atoms with van der Waals surface area (Å²) in [7, 11) is 2.07. The standard InChI is InChI=1S/C12H25NO/c1-11(2,3)10(14)8-9-13(7)12(4,5)6/h8-9H2,1-7H3. The van der Waals surface area contributed by atoms with Gasteiger partial charge < -0.3 is 4.90 Å². The van der Waals surface area contributed by atoms with Crippen molar-refractivity contribution >= 4 is 5.78 Å². The number of hydrogen-bond acceptors (Lipinski definition) is 2. The second-order valence-corrected chi connectivity index (χ2v) is 6.02. The van der Waals surface area contributed by atoms with Crippen molar-refractivity contribution < 1.29 is 4.79 Å². The SMILES string of the molecule is CN(CCC(=O)C(C)(C)C)C(C)(C)C. The summed E-state index contributed by atoms with van der Waals surface area (Å²) in [4.78, 5) is 13.9. The molecule has 0 bridgehead atoms. The number of carbonyl (C=O) groups excluding carboxylic acids is 1. The van der Waals surface area contributed by atoms with Crippen molar-refractivity contribution in [3.8, 4) is 0 Å². The first kappa shape index (κ1) is 13.6. The van der Waals surface area contributed by atoms with Crippen LogP contribution in [0.2, 0.25) is 0 Å². The van der Waals surface area contributed by atoms with E-state index < -0.39 is 0 Å². The molecule has 0 atom stereocenters. The fraction of sp³-hybridized carbons (Fsp3) is 0.917. The first-order chi connectivity index (χ1) is 6.05. The van der Waals surface area contributed by atoms with Crippen LogP contribution in [-0.4, -0.2) is 29.8 Å². The number of rotatable bonds is 3. The molecule has 0 aromatic rings. The summed E-state index contributed by atoms with van der Waals surface area (Å²) in [6, 6.07) is 0. The Bertz CT molecular complexity index is 195. The monoisotopic (exact) mass is 199 g/mol. The van der Waals surface area contributed by atoms with Crippen molar-refractivity contribution in [2.45, 2.75) is 53.5 Å². The molecule has 0 aromatic carbocycles. The Labute approximate surface area is 88.7 Å². The van der Waals surface area contributed by atoms with Crippen molar-refractivity contribution in [2.24, 2.45) is 5.41 Å². The third kappa shape index (κ3) is 4.75. The zero-order chi connectivity index (χ0) is 11.6. The first-order valence-corrected chi connectivity index (χ1v) is 5.29. The molecule has 2 heteroatoms. The summed E-state index contributed by atoms with van der Waals surface area (Å²) in [5, 5.41) is 0. The highest BCUT2D eigenvalue weighted by atomic mass is 16.1. The van der Waals surface area contributed by atoms with Crippen molar-refractivity contribution in [1.29, 1.82) is 0 Å². The molecule has 0 spiro atoms. The number of carbonyl (C=O) groups is 1. The molecule has 0 unspecified atom stereocenters. The Hall–Kier alpha value is -0.370. The summed E-state index contributed by atoms with van der Waals surface area (Å²) in [6.45, 7) is 13.3. The lowest BCUT2D eigenvalue weighted by Crippen LogP contribution is -2.40. The van der Waals surface area contributed by atoms with Crippen molar-refractivity contribution in [3.05, 3.63) is 0 Å². The van der Waals surface area contributed by atoms with Gasteiger partial charge in [-0.05, 0) is 27.8 Å². The van der Waals surface area contributed by atoms with Gasteiger partial charge in [-0.25, -0.2) is 0 Å². The molecule has 0 radical (unpaired) electrons. The molecule has 2 nitrogen and oxygen atoms in total. The van der Waals surface area contributed by atoms with Gasteiger partial charge in [0.1, 0.15) is 5.78 Å². The van der Waals surface area contributed by atoms with Crippen molar-refractivity contribution in [3.63, 3.8) is 0 Å². The van der Waals surface area contributed by atoms with Gasteiger partial charge in [0.25, 0.3) is 0 Å². The van der Waals surface area contributed by atoms with E-state index in [4.69, 9.17) is 0 Å². The quantitative estimate of drug-likeness (QED) is 0.696. The molecular formula is C12H25NO. The molecule has 0 saturated heterocycles. The third-order valence-corrected chi connectivity index (χ3v) is 2.66. The maximum atomic E-state index is 11.7. The second-order valence-electron chi connectivity index (χ2n) is 6.02. The Morgan fingerprint density at radius 1 is 1.07 bits per heavy atom. The molecule has 0 saturated carbocycles. The number of nitrogens with zero attached hydrogens (tertiary/aromatic N) is 1. The summed E-state index contributed by atoms with van der Waals surface area (Å²) >= 11 is 0. The lowest BCUT2D eigenvalue weighted by Gasteiger charge is -2.32. The van der Waals surface area contributed by atoms with Gasteiger partial charge >= 0.3 is 0 Å². The van der Waals surface area contributed by atoms with E-state index in [1.807, 2.05) is 20.8 Å². The van der Waals surface area contributed by atoms with E-state index >= 15 is 0 Å². The van der Waals surface area contributed by atoms with E-state index in [0.717, 1.165) is 6.54 Å². The average Bonchev–Trinajstić information content (AvgIpc) is 1.95. The Morgan fingerprint density at radius 2 is 1.50 bits per heavy atom. The van der Waals surface area contributed by atoms with Gasteiger partial charge in [-0.2, -0.15) is 0 Å². The van der Waals surface area contributed by atoms with Gasteiger partial charge in [0.15, 0.2) is 0 Å². The van der Waals surface area contributed by atoms with Crippen LogP contribution in [0, 0.1) is 5.41 Å². The molecule has 0 rings (SSSR count). The molecule has 14 heavy (non-hydrogen) atoms. The van der Waals surface area contributed by atoms with E-state index in [9.17, 15) is 4.79 Å². The van der Waals surface area contributed by atoms with E-state index in [-0.39, 0.29) is 11.0 Å². The van der Waals surface area contributed by atoms with E-state index in [1.165, 1.54) is 0 Å². The maximum absolute atomic E-state index is 11.7. The van der Waals surface area contributed by atoms with Crippen molar-refractivity contribution in [2.75, 3.05) is 13.6 Å². The predicted molar refractivity (Wildman–Crippen MR) is 61.5 cm³/mol. The maximum Gasteiger partial charge on any atom is 0.139 e. The summed E-state index contributed by atoms with van der Waals surface area (Å²) in [5.41, 5.74) is -0.0448. The molecule has 0 heterocycles. The fourth-order valence-corrected chi connectivity index (χ4v) is 0.980. The number of ketones is 1. The highest BCUT2D eigenvalue weighted by Gasteiger charge is 2.23. The van der Waals surface area contributed by atoms with Gasteiger partial charge in [-0.15, -0.1) is 0 Å². The highest BCUT2D eigenvalue weighted by molar-refractivity contribution is 5.83. The van der Waals surface area contributed by atoms with Crippen LogP contribution in [0.15, 0.2) is 0 Å². The number of Topliss-reactive ketones (excluding diaryl/α,β-unsaturated/α-hetero) is 1. The third-order valence-electron chi connectivity index (χ3n) is 2.66. The summed E-state index contributed by atoms with van der Waals surface area (Å²) in [6.07, 6.45) is 0.650. The normalized spacial score (nSPS) is 13.4. The van der Waals surface area contributed by atoms with Crippen LogP contribution in [0.4, 0.5) is 0 Å². The smallest absolute Gasteiger partial charge is 0.139 e. The van der Waals surface area contributed by atoms with Crippen LogP contribution < -0.4 is 0 Å². The second kappa shape index (κ2) is 4.43. The minimum atomic E-state index is -0.196. The summed E-state index contributed by atoms with van der Waals surface area (Å²) < 4.78 is 0. The predicted octanol–water partition coefficient (Wildman–Crippen LogP) is 2.72. The molecule has 0 aliphatic carbocycles. The minimum Gasteiger partial charge on any atom is -0.301 e. The zero-order valence-corrected chi connectivity index (χ0v) is 10.8. The van der Waals surface area contributed by atoms with E-state index in [0.29, 0.717) is 12.2 Å². The van der Waals surface area contributed by atoms with Crippen LogP contribution in [0.1, 0.15) is 48.0 Å². The molecule has 0 aliphatic heterocycles. The van der Waals surface area contributed by atoms with Gasteiger partial charge in [0.05, 0.1) is 0 Å². The molecule has 0 aromatic heterocycles. The Morgan fingerprint density at radius 3 is 1.79 bits per heavy atom. The highest BCUT2D eigenvalue weighted by Crippen LogP contribution is 2.18.